The number of nitrogens with zero attached hydrogens (tertiary/aromatic N) is 4. The summed E-state index contributed by atoms with van der Waals surface area (Å²) in [4.78, 5) is 29.6. The number of ether oxygens (including phenoxy) is 4. The van der Waals surface area contributed by atoms with E-state index in [1.165, 1.54) is 17.4 Å². The minimum absolute atomic E-state index is 0.0122. The van der Waals surface area contributed by atoms with Crippen LogP contribution < -0.4 is 19.9 Å². The van der Waals surface area contributed by atoms with Gasteiger partial charge < -0.3 is 24.7 Å². The molecule has 12 heteroatoms. The minimum atomic E-state index is -0.962. The number of rotatable bonds is 11. The number of aryl methyl sites for hydroxylation is 1. The van der Waals surface area contributed by atoms with Gasteiger partial charge in [-0.25, -0.2) is 24.1 Å². The molecule has 0 aliphatic rings. The molecule has 2 aromatic carbocycles. The largest absolute Gasteiger partial charge is 0.490 e. The summed E-state index contributed by atoms with van der Waals surface area (Å²) in [5.74, 6) is -0.0656. The third-order valence-electron chi connectivity index (χ3n) is 6.26. The molecule has 0 spiro atoms. The maximum atomic E-state index is 15.3. The van der Waals surface area contributed by atoms with E-state index < -0.39 is 17.8 Å². The van der Waals surface area contributed by atoms with Crippen molar-refractivity contribution in [1.82, 2.24) is 19.9 Å². The maximum Gasteiger partial charge on any atom is 0.410 e. The molecule has 1 amide bonds. The number of amides is 1. The van der Waals surface area contributed by atoms with Crippen LogP contribution in [0.25, 0.3) is 31.8 Å². The quantitative estimate of drug-likeness (QED) is 0.195. The number of carbonyl (C=O) groups is 1. The Labute approximate surface area is 245 Å². The van der Waals surface area contributed by atoms with Crippen LogP contribution in [0.15, 0.2) is 48.8 Å². The first-order valence-electron chi connectivity index (χ1n) is 13.3. The second-order valence-corrected chi connectivity index (χ2v) is 11.1. The van der Waals surface area contributed by atoms with Gasteiger partial charge in [0.2, 0.25) is 5.88 Å². The first-order valence-corrected chi connectivity index (χ1v) is 14.1. The fourth-order valence-corrected chi connectivity index (χ4v) is 5.40. The van der Waals surface area contributed by atoms with Crippen LogP contribution >= 0.6 is 11.3 Å². The number of fused-ring (bicyclic) bond motifs is 2. The van der Waals surface area contributed by atoms with Gasteiger partial charge in [0.1, 0.15) is 5.01 Å². The first-order chi connectivity index (χ1) is 20.2. The van der Waals surface area contributed by atoms with E-state index in [1.807, 2.05) is 32.9 Å². The van der Waals surface area contributed by atoms with Crippen molar-refractivity contribution in [3.8, 4) is 28.0 Å². The van der Waals surface area contributed by atoms with E-state index >= 15 is 4.39 Å². The van der Waals surface area contributed by atoms with E-state index in [2.05, 4.69) is 15.0 Å². The molecule has 0 aliphatic heterocycles. The molecule has 3 aromatic heterocycles. The van der Waals surface area contributed by atoms with Gasteiger partial charge in [0.15, 0.2) is 17.3 Å². The third kappa shape index (κ3) is 6.55. The molecule has 5 rings (SSSR count). The topological polar surface area (TPSA) is 132 Å². The van der Waals surface area contributed by atoms with Crippen LogP contribution in [0.2, 0.25) is 0 Å². The SMILES string of the molecule is COc1cnc2c(-c3nc4cc(F)c(OCC(COCC(C)C)c5ncccc5OC(N)=O)cc4s3)cc(C)cc2n1. The molecule has 10 nitrogen and oxygen atoms in total. The Kier molecular flexibility index (Phi) is 8.74. The van der Waals surface area contributed by atoms with Crippen molar-refractivity contribution in [3.05, 3.63) is 65.9 Å². The Hall–Kier alpha value is -4.42. The fraction of sp³-hybridized carbons (Fsp3) is 0.300. The zero-order chi connectivity index (χ0) is 29.8. The minimum Gasteiger partial charge on any atom is -0.490 e. The molecule has 3 heterocycles. The summed E-state index contributed by atoms with van der Waals surface area (Å²) in [6, 6.07) is 10.1. The van der Waals surface area contributed by atoms with Crippen LogP contribution in [0.5, 0.6) is 17.4 Å². The highest BCUT2D eigenvalue weighted by Crippen LogP contribution is 2.37. The highest BCUT2D eigenvalue weighted by molar-refractivity contribution is 7.21. The molecule has 0 aliphatic carbocycles. The first kappa shape index (κ1) is 29.1. The number of hydrogen-bond donors (Lipinski definition) is 1. The number of methoxy groups -OCH3 is 1. The normalized spacial score (nSPS) is 12.1. The van der Waals surface area contributed by atoms with Crippen LogP contribution in [0, 0.1) is 18.7 Å². The molecule has 0 radical (unpaired) electrons. The van der Waals surface area contributed by atoms with Gasteiger partial charge in [0, 0.05) is 30.5 Å². The summed E-state index contributed by atoms with van der Waals surface area (Å²) >= 11 is 1.40. The smallest absolute Gasteiger partial charge is 0.410 e. The third-order valence-corrected chi connectivity index (χ3v) is 7.31. The molecule has 1 atom stereocenters. The Balaban J connectivity index is 1.44. The second-order valence-electron chi connectivity index (χ2n) is 10.1. The van der Waals surface area contributed by atoms with Crippen molar-refractivity contribution in [2.24, 2.45) is 11.7 Å². The Morgan fingerprint density at radius 2 is 1.88 bits per heavy atom. The number of pyridine rings is 1. The van der Waals surface area contributed by atoms with Crippen LogP contribution in [0.4, 0.5) is 9.18 Å². The van der Waals surface area contributed by atoms with E-state index in [9.17, 15) is 4.79 Å². The molecule has 0 fully saturated rings. The lowest BCUT2D eigenvalue weighted by atomic mass is 10.1. The Bertz CT molecular complexity index is 1740. The molecular weight excluding hydrogens is 561 g/mol. The summed E-state index contributed by atoms with van der Waals surface area (Å²) in [6.07, 6.45) is 2.17. The second kappa shape index (κ2) is 12.6. The maximum absolute atomic E-state index is 15.3. The molecule has 0 bridgehead atoms. The predicted molar refractivity (Wildman–Crippen MR) is 158 cm³/mol. The van der Waals surface area contributed by atoms with Gasteiger partial charge in [-0.15, -0.1) is 11.3 Å². The van der Waals surface area contributed by atoms with Gasteiger partial charge in [-0.05, 0) is 42.7 Å². The standard InChI is InChI=1S/C30H30FN5O5S/c1-16(2)13-39-14-18(27-23(41-30(32)37)6-5-7-33-27)15-40-24-11-25-21(10-20(24)31)36-29(42-25)19-8-17(3)9-22-28(19)34-12-26(35-22)38-4/h5-12,16,18H,13-15H2,1-4H3,(H2,32,37). The number of primary amides is 1. The fourth-order valence-electron chi connectivity index (χ4n) is 4.41. The lowest BCUT2D eigenvalue weighted by Crippen LogP contribution is -2.22. The average Bonchev–Trinajstić information content (AvgIpc) is 3.36. The van der Waals surface area contributed by atoms with Gasteiger partial charge in [-0.2, -0.15) is 0 Å². The van der Waals surface area contributed by atoms with Crippen molar-refractivity contribution in [3.63, 3.8) is 0 Å². The zero-order valence-corrected chi connectivity index (χ0v) is 24.4. The molecule has 42 heavy (non-hydrogen) atoms. The van der Waals surface area contributed by atoms with E-state index in [-0.39, 0.29) is 24.7 Å². The summed E-state index contributed by atoms with van der Waals surface area (Å²) in [7, 11) is 1.54. The van der Waals surface area contributed by atoms with Crippen LogP contribution in [-0.2, 0) is 4.74 Å². The molecule has 0 saturated heterocycles. The number of carbonyl (C=O) groups excluding carboxylic acids is 1. The van der Waals surface area contributed by atoms with Gasteiger partial charge in [-0.3, -0.25) is 4.98 Å². The molecule has 5 aromatic rings. The monoisotopic (exact) mass is 591 g/mol. The predicted octanol–water partition coefficient (Wildman–Crippen LogP) is 6.05. The van der Waals surface area contributed by atoms with Crippen molar-refractivity contribution < 1.29 is 28.1 Å². The number of nitrogens with two attached hydrogens (primary N) is 1. The molecular formula is C30H30FN5O5S. The average molecular weight is 592 g/mol. The van der Waals surface area contributed by atoms with E-state index in [1.54, 1.807) is 37.7 Å². The van der Waals surface area contributed by atoms with E-state index in [4.69, 9.17) is 29.7 Å². The lowest BCUT2D eigenvalue weighted by molar-refractivity contribution is 0.0824. The highest BCUT2D eigenvalue weighted by atomic mass is 32.1. The van der Waals surface area contributed by atoms with Crippen molar-refractivity contribution in [2.45, 2.75) is 26.7 Å². The summed E-state index contributed by atoms with van der Waals surface area (Å²) in [6.45, 7) is 6.76. The molecule has 2 N–H and O–H groups in total. The number of hydrogen-bond acceptors (Lipinski definition) is 10. The molecule has 0 saturated carbocycles. The van der Waals surface area contributed by atoms with Crippen molar-refractivity contribution in [2.75, 3.05) is 26.9 Å². The van der Waals surface area contributed by atoms with Gasteiger partial charge in [0.25, 0.3) is 0 Å². The van der Waals surface area contributed by atoms with E-state index in [0.717, 1.165) is 15.8 Å². The molecule has 1 unspecified atom stereocenters. The van der Waals surface area contributed by atoms with Gasteiger partial charge in [-0.1, -0.05) is 13.8 Å². The highest BCUT2D eigenvalue weighted by Gasteiger charge is 2.22. The van der Waals surface area contributed by atoms with Crippen molar-refractivity contribution >= 4 is 38.7 Å². The number of aromatic nitrogens is 4. The van der Waals surface area contributed by atoms with Crippen LogP contribution in [0.1, 0.15) is 31.0 Å². The van der Waals surface area contributed by atoms with Gasteiger partial charge >= 0.3 is 6.09 Å². The van der Waals surface area contributed by atoms with Crippen molar-refractivity contribution in [1.29, 1.82) is 0 Å². The Morgan fingerprint density at radius 3 is 2.64 bits per heavy atom. The van der Waals surface area contributed by atoms with E-state index in [0.29, 0.717) is 45.7 Å². The zero-order valence-electron chi connectivity index (χ0n) is 23.6. The van der Waals surface area contributed by atoms with Crippen LogP contribution in [-0.4, -0.2) is 53.0 Å². The number of benzene rings is 2. The number of halogens is 1. The number of thiazole rings is 1. The summed E-state index contributed by atoms with van der Waals surface area (Å²) in [5, 5.41) is 0.677. The molecule has 218 valence electrons. The summed E-state index contributed by atoms with van der Waals surface area (Å²) in [5.41, 5.74) is 9.29. The van der Waals surface area contributed by atoms with Crippen LogP contribution in [0.3, 0.4) is 0 Å². The van der Waals surface area contributed by atoms with Gasteiger partial charge in [0.05, 0.1) is 59.4 Å². The lowest BCUT2D eigenvalue weighted by Gasteiger charge is -2.20. The summed E-state index contributed by atoms with van der Waals surface area (Å²) < 4.78 is 38.2. The Morgan fingerprint density at radius 1 is 1.05 bits per heavy atom.